The summed E-state index contributed by atoms with van der Waals surface area (Å²) < 4.78 is 0. The first-order valence-corrected chi connectivity index (χ1v) is 7.11. The van der Waals surface area contributed by atoms with Crippen molar-refractivity contribution in [2.45, 2.75) is 32.7 Å². The number of fused-ring (bicyclic) bond motifs is 1. The van der Waals surface area contributed by atoms with Crippen molar-refractivity contribution in [1.82, 2.24) is 10.2 Å². The number of carbonyl (C=O) groups excluding carboxylic acids is 4. The van der Waals surface area contributed by atoms with Crippen LogP contribution in [0.1, 0.15) is 47.4 Å². The third-order valence-electron chi connectivity index (χ3n) is 3.50. The Balaban J connectivity index is 0.000000847. The maximum atomic E-state index is 12.3. The van der Waals surface area contributed by atoms with Gasteiger partial charge in [0, 0.05) is 12.1 Å². The summed E-state index contributed by atoms with van der Waals surface area (Å²) in [5.41, 5.74) is 6.24. The van der Waals surface area contributed by atoms with Crippen LogP contribution in [0.2, 0.25) is 0 Å². The second-order valence-electron chi connectivity index (χ2n) is 4.72. The molecule has 0 saturated carbocycles. The standard InChI is InChI=1S/C13H11N3O4.C2H6/c14-7-3-1-2-6-10(7)13(20)16(12(6)19)8-4-5-9(17)15-11(8)18;1-2/h1-3,8H,4-5,14H2,(H,15,17,18);1-2H3. The lowest BCUT2D eigenvalue weighted by Gasteiger charge is -2.27. The molecule has 3 N–H and O–H groups in total. The maximum absolute atomic E-state index is 12.3. The molecule has 1 aromatic carbocycles. The fourth-order valence-electron chi connectivity index (χ4n) is 2.54. The van der Waals surface area contributed by atoms with E-state index < -0.39 is 29.7 Å². The average Bonchev–Trinajstić information content (AvgIpc) is 2.75. The van der Waals surface area contributed by atoms with Crippen molar-refractivity contribution in [3.63, 3.8) is 0 Å². The Morgan fingerprint density at radius 1 is 1.14 bits per heavy atom. The van der Waals surface area contributed by atoms with Gasteiger partial charge in [0.25, 0.3) is 11.8 Å². The number of benzene rings is 1. The summed E-state index contributed by atoms with van der Waals surface area (Å²) in [5.74, 6) is -2.17. The molecule has 1 aromatic rings. The minimum absolute atomic E-state index is 0.0965. The second-order valence-corrected chi connectivity index (χ2v) is 4.72. The Bertz CT molecular complexity index is 669. The van der Waals surface area contributed by atoms with Crippen LogP contribution < -0.4 is 11.1 Å². The lowest BCUT2D eigenvalue weighted by molar-refractivity contribution is -0.136. The Morgan fingerprint density at radius 3 is 2.41 bits per heavy atom. The van der Waals surface area contributed by atoms with Gasteiger partial charge < -0.3 is 5.73 Å². The predicted octanol–water partition coefficient (Wildman–Crippen LogP) is 0.696. The van der Waals surface area contributed by atoms with Crippen LogP contribution in [0.4, 0.5) is 5.69 Å². The van der Waals surface area contributed by atoms with Crippen LogP contribution >= 0.6 is 0 Å². The number of imide groups is 2. The van der Waals surface area contributed by atoms with E-state index in [1.54, 1.807) is 6.07 Å². The fourth-order valence-corrected chi connectivity index (χ4v) is 2.54. The highest BCUT2D eigenvalue weighted by atomic mass is 16.2. The van der Waals surface area contributed by atoms with Gasteiger partial charge in [0.15, 0.2) is 0 Å². The van der Waals surface area contributed by atoms with Crippen LogP contribution in [0.25, 0.3) is 0 Å². The Hall–Kier alpha value is -2.70. The highest BCUT2D eigenvalue weighted by molar-refractivity contribution is 6.25. The number of hydrogen-bond donors (Lipinski definition) is 2. The molecule has 1 unspecified atom stereocenters. The van der Waals surface area contributed by atoms with Crippen LogP contribution in [0.15, 0.2) is 18.2 Å². The summed E-state index contributed by atoms with van der Waals surface area (Å²) in [7, 11) is 0. The van der Waals surface area contributed by atoms with Gasteiger partial charge in [0.1, 0.15) is 6.04 Å². The lowest BCUT2D eigenvalue weighted by atomic mass is 10.0. The molecular formula is C15H17N3O4. The molecule has 4 amide bonds. The second kappa shape index (κ2) is 5.97. The molecule has 1 fully saturated rings. The Kier molecular flexibility index (Phi) is 4.25. The third-order valence-corrected chi connectivity index (χ3v) is 3.50. The largest absolute Gasteiger partial charge is 0.398 e. The first kappa shape index (κ1) is 15.7. The number of hydrogen-bond acceptors (Lipinski definition) is 5. The van der Waals surface area contributed by atoms with E-state index in [0.717, 1.165) is 4.90 Å². The quantitative estimate of drug-likeness (QED) is 0.586. The van der Waals surface area contributed by atoms with Gasteiger partial charge in [0.2, 0.25) is 11.8 Å². The van der Waals surface area contributed by atoms with E-state index in [1.807, 2.05) is 13.8 Å². The lowest BCUT2D eigenvalue weighted by Crippen LogP contribution is -2.54. The number of nitrogens with two attached hydrogens (primary N) is 1. The van der Waals surface area contributed by atoms with Crippen molar-refractivity contribution in [2.75, 3.05) is 5.73 Å². The van der Waals surface area contributed by atoms with Crippen molar-refractivity contribution in [3.05, 3.63) is 29.3 Å². The van der Waals surface area contributed by atoms with Gasteiger partial charge in [-0.25, -0.2) is 0 Å². The summed E-state index contributed by atoms with van der Waals surface area (Å²) >= 11 is 0. The van der Waals surface area contributed by atoms with E-state index in [4.69, 9.17) is 5.73 Å². The number of nitrogen functional groups attached to an aromatic ring is 1. The van der Waals surface area contributed by atoms with Crippen LogP contribution in [-0.4, -0.2) is 34.6 Å². The molecule has 0 aromatic heterocycles. The minimum atomic E-state index is -0.959. The molecule has 2 heterocycles. The summed E-state index contributed by atoms with van der Waals surface area (Å²) in [6, 6.07) is 3.64. The number of carbonyl (C=O) groups is 4. The highest BCUT2D eigenvalue weighted by Gasteiger charge is 2.45. The molecule has 116 valence electrons. The number of rotatable bonds is 1. The molecule has 2 aliphatic heterocycles. The number of amides is 4. The van der Waals surface area contributed by atoms with Gasteiger partial charge in [-0.05, 0) is 18.6 Å². The van der Waals surface area contributed by atoms with Crippen LogP contribution in [0.5, 0.6) is 0 Å². The van der Waals surface area contributed by atoms with Gasteiger partial charge in [-0.1, -0.05) is 19.9 Å². The number of piperidine rings is 1. The summed E-state index contributed by atoms with van der Waals surface area (Å²) in [5, 5.41) is 2.13. The molecule has 22 heavy (non-hydrogen) atoms. The summed E-state index contributed by atoms with van der Waals surface area (Å²) in [4.78, 5) is 48.4. The van der Waals surface area contributed by atoms with E-state index >= 15 is 0 Å². The summed E-state index contributed by atoms with van der Waals surface area (Å²) in [6.45, 7) is 4.00. The highest BCUT2D eigenvalue weighted by Crippen LogP contribution is 2.30. The molecule has 0 radical (unpaired) electrons. The predicted molar refractivity (Wildman–Crippen MR) is 78.9 cm³/mol. The molecule has 2 aliphatic rings. The van der Waals surface area contributed by atoms with Crippen LogP contribution in [0.3, 0.4) is 0 Å². The normalized spacial score (nSPS) is 20.3. The smallest absolute Gasteiger partial charge is 0.264 e. The Morgan fingerprint density at radius 2 is 1.82 bits per heavy atom. The molecule has 3 rings (SSSR count). The van der Waals surface area contributed by atoms with E-state index in [1.165, 1.54) is 12.1 Å². The minimum Gasteiger partial charge on any atom is -0.398 e. The van der Waals surface area contributed by atoms with Crippen molar-refractivity contribution >= 4 is 29.3 Å². The first-order chi connectivity index (χ1) is 10.5. The number of nitrogens with zero attached hydrogens (tertiary/aromatic N) is 1. The molecule has 0 spiro atoms. The maximum Gasteiger partial charge on any atom is 0.264 e. The zero-order chi connectivity index (χ0) is 16.4. The van der Waals surface area contributed by atoms with E-state index in [0.29, 0.717) is 0 Å². The SMILES string of the molecule is CC.Nc1cccc2c1C(=O)N(C1CCC(=O)NC1=O)C2=O. The zero-order valence-corrected chi connectivity index (χ0v) is 12.4. The molecule has 1 atom stereocenters. The van der Waals surface area contributed by atoms with Crippen molar-refractivity contribution in [1.29, 1.82) is 0 Å². The topological polar surface area (TPSA) is 110 Å². The Labute approximate surface area is 127 Å². The molecular weight excluding hydrogens is 286 g/mol. The number of anilines is 1. The van der Waals surface area contributed by atoms with Crippen molar-refractivity contribution < 1.29 is 19.2 Å². The van der Waals surface area contributed by atoms with E-state index in [-0.39, 0.29) is 29.7 Å². The average molecular weight is 303 g/mol. The van der Waals surface area contributed by atoms with E-state index in [2.05, 4.69) is 5.32 Å². The monoisotopic (exact) mass is 303 g/mol. The van der Waals surface area contributed by atoms with Gasteiger partial charge in [-0.3, -0.25) is 29.4 Å². The van der Waals surface area contributed by atoms with Gasteiger partial charge >= 0.3 is 0 Å². The molecule has 0 bridgehead atoms. The van der Waals surface area contributed by atoms with E-state index in [9.17, 15) is 19.2 Å². The third kappa shape index (κ3) is 2.34. The van der Waals surface area contributed by atoms with Crippen molar-refractivity contribution in [3.8, 4) is 0 Å². The fraction of sp³-hybridized carbons (Fsp3) is 0.333. The van der Waals surface area contributed by atoms with Crippen LogP contribution in [-0.2, 0) is 9.59 Å². The number of nitrogens with one attached hydrogen (secondary N) is 1. The molecule has 1 saturated heterocycles. The molecule has 0 aliphatic carbocycles. The van der Waals surface area contributed by atoms with Gasteiger partial charge in [0.05, 0.1) is 11.1 Å². The zero-order valence-electron chi connectivity index (χ0n) is 12.4. The molecule has 7 heteroatoms. The van der Waals surface area contributed by atoms with Crippen molar-refractivity contribution in [2.24, 2.45) is 0 Å². The van der Waals surface area contributed by atoms with Gasteiger partial charge in [-0.15, -0.1) is 0 Å². The van der Waals surface area contributed by atoms with Gasteiger partial charge in [-0.2, -0.15) is 0 Å². The summed E-state index contributed by atoms with van der Waals surface area (Å²) in [6.07, 6.45) is 0.231. The first-order valence-electron chi connectivity index (χ1n) is 7.11. The van der Waals surface area contributed by atoms with Crippen LogP contribution in [0, 0.1) is 0 Å². The molecule has 7 nitrogen and oxygen atoms in total.